The Hall–Kier alpha value is -1.26. The van der Waals surface area contributed by atoms with E-state index in [0.29, 0.717) is 6.42 Å². The fraction of sp³-hybridized carbons (Fsp3) is 0.720. The highest BCUT2D eigenvalue weighted by Crippen LogP contribution is 2.14. The maximum atomic E-state index is 10.6. The molecule has 0 aromatic heterocycles. The number of carbonyl (C=O) groups is 1. The van der Waals surface area contributed by atoms with Gasteiger partial charge in [0, 0.05) is 13.0 Å². The van der Waals surface area contributed by atoms with Crippen molar-refractivity contribution < 1.29 is 14.6 Å². The SMILES string of the molecule is CCCCCCCCCCCCN(C)CCCOc1ccc(CCC(=O)O)cc1.Cl. The number of nitrogens with zero attached hydrogens (tertiary/aromatic N) is 1. The molecule has 0 atom stereocenters. The van der Waals surface area contributed by atoms with Crippen molar-refractivity contribution in [1.29, 1.82) is 0 Å². The molecule has 174 valence electrons. The standard InChI is InChI=1S/C25H43NO3.ClH/c1-3-4-5-6-7-8-9-10-11-12-20-26(2)21-13-22-29-24-17-14-23(15-18-24)16-19-25(27)28;/h14-15,17-18H,3-13,16,19-22H2,1-2H3,(H,27,28);1H. The second kappa shape index (κ2) is 19.7. The van der Waals surface area contributed by atoms with E-state index in [9.17, 15) is 4.79 Å². The molecule has 0 aliphatic rings. The summed E-state index contributed by atoms with van der Waals surface area (Å²) >= 11 is 0. The van der Waals surface area contributed by atoms with E-state index in [0.717, 1.165) is 30.9 Å². The molecule has 0 amide bonds. The van der Waals surface area contributed by atoms with Crippen molar-refractivity contribution in [3.8, 4) is 5.75 Å². The van der Waals surface area contributed by atoms with E-state index in [4.69, 9.17) is 9.84 Å². The first kappa shape index (κ1) is 28.7. The number of hydrogen-bond donors (Lipinski definition) is 1. The Morgan fingerprint density at radius 1 is 0.867 bits per heavy atom. The molecule has 0 fully saturated rings. The Bertz CT molecular complexity index is 522. The van der Waals surface area contributed by atoms with Crippen LogP contribution in [-0.4, -0.2) is 42.7 Å². The lowest BCUT2D eigenvalue weighted by Gasteiger charge is -2.16. The highest BCUT2D eigenvalue weighted by atomic mass is 35.5. The molecule has 0 unspecified atom stereocenters. The van der Waals surface area contributed by atoms with Crippen LogP contribution in [0.4, 0.5) is 0 Å². The van der Waals surface area contributed by atoms with Gasteiger partial charge >= 0.3 is 5.97 Å². The summed E-state index contributed by atoms with van der Waals surface area (Å²) in [6.45, 7) is 5.23. The molecule has 0 saturated carbocycles. The summed E-state index contributed by atoms with van der Waals surface area (Å²) in [5.41, 5.74) is 1.04. The van der Waals surface area contributed by atoms with Crippen LogP contribution in [0.3, 0.4) is 0 Å². The minimum atomic E-state index is -0.757. The molecule has 0 spiro atoms. The molecule has 1 aromatic rings. The first-order chi connectivity index (χ1) is 14.1. The maximum absolute atomic E-state index is 10.6. The van der Waals surface area contributed by atoms with Crippen molar-refractivity contribution in [2.24, 2.45) is 0 Å². The fourth-order valence-corrected chi connectivity index (χ4v) is 3.51. The summed E-state index contributed by atoms with van der Waals surface area (Å²) in [6, 6.07) is 7.78. The van der Waals surface area contributed by atoms with Gasteiger partial charge in [-0.3, -0.25) is 4.79 Å². The van der Waals surface area contributed by atoms with E-state index in [1.165, 1.54) is 70.8 Å². The maximum Gasteiger partial charge on any atom is 0.303 e. The zero-order valence-electron chi connectivity index (χ0n) is 19.2. The van der Waals surface area contributed by atoms with E-state index in [1.54, 1.807) is 0 Å². The van der Waals surface area contributed by atoms with Crippen molar-refractivity contribution in [3.05, 3.63) is 29.8 Å². The Kier molecular flexibility index (Phi) is 18.9. The number of hydrogen-bond acceptors (Lipinski definition) is 3. The Labute approximate surface area is 190 Å². The summed E-state index contributed by atoms with van der Waals surface area (Å²) in [5.74, 6) is 0.105. The van der Waals surface area contributed by atoms with Crippen LogP contribution in [-0.2, 0) is 11.2 Å². The van der Waals surface area contributed by atoms with E-state index in [-0.39, 0.29) is 18.8 Å². The van der Waals surface area contributed by atoms with Gasteiger partial charge in [-0.15, -0.1) is 12.4 Å². The van der Waals surface area contributed by atoms with Crippen LogP contribution in [0.5, 0.6) is 5.75 Å². The van der Waals surface area contributed by atoms with Crippen molar-refractivity contribution in [3.63, 3.8) is 0 Å². The van der Waals surface area contributed by atoms with Crippen LogP contribution >= 0.6 is 12.4 Å². The monoisotopic (exact) mass is 441 g/mol. The van der Waals surface area contributed by atoms with Crippen molar-refractivity contribution in [1.82, 2.24) is 4.90 Å². The van der Waals surface area contributed by atoms with Crippen molar-refractivity contribution in [2.75, 3.05) is 26.7 Å². The molecule has 0 bridgehead atoms. The highest BCUT2D eigenvalue weighted by Gasteiger charge is 2.02. The van der Waals surface area contributed by atoms with E-state index >= 15 is 0 Å². The lowest BCUT2D eigenvalue weighted by atomic mass is 10.1. The quantitative estimate of drug-likeness (QED) is 0.241. The van der Waals surface area contributed by atoms with Crippen LogP contribution in [0.2, 0.25) is 0 Å². The van der Waals surface area contributed by atoms with Crippen LogP contribution in [0.1, 0.15) is 89.5 Å². The second-order valence-corrected chi connectivity index (χ2v) is 8.22. The summed E-state index contributed by atoms with van der Waals surface area (Å²) in [4.78, 5) is 13.0. The predicted octanol–water partition coefficient (Wildman–Crippen LogP) is 6.75. The third kappa shape index (κ3) is 16.5. The number of unbranched alkanes of at least 4 members (excludes halogenated alkanes) is 9. The second-order valence-electron chi connectivity index (χ2n) is 8.22. The third-order valence-electron chi connectivity index (χ3n) is 5.40. The van der Waals surface area contributed by atoms with Crippen molar-refractivity contribution in [2.45, 2.75) is 90.4 Å². The van der Waals surface area contributed by atoms with Crippen LogP contribution in [0.25, 0.3) is 0 Å². The number of benzene rings is 1. The van der Waals surface area contributed by atoms with E-state index in [2.05, 4.69) is 18.9 Å². The van der Waals surface area contributed by atoms with Crippen LogP contribution in [0, 0.1) is 0 Å². The lowest BCUT2D eigenvalue weighted by Crippen LogP contribution is -2.22. The zero-order chi connectivity index (χ0) is 21.2. The van der Waals surface area contributed by atoms with Gasteiger partial charge in [-0.2, -0.15) is 0 Å². The largest absolute Gasteiger partial charge is 0.494 e. The van der Waals surface area contributed by atoms with Crippen molar-refractivity contribution >= 4 is 18.4 Å². The predicted molar refractivity (Wildman–Crippen MR) is 129 cm³/mol. The minimum absolute atomic E-state index is 0. The number of aryl methyl sites for hydroxylation is 1. The van der Waals surface area contributed by atoms with E-state index in [1.807, 2.05) is 24.3 Å². The summed E-state index contributed by atoms with van der Waals surface area (Å²) in [7, 11) is 2.20. The van der Waals surface area contributed by atoms with Crippen LogP contribution < -0.4 is 4.74 Å². The number of rotatable bonds is 19. The highest BCUT2D eigenvalue weighted by molar-refractivity contribution is 5.85. The molecule has 0 heterocycles. The smallest absolute Gasteiger partial charge is 0.303 e. The molecule has 4 nitrogen and oxygen atoms in total. The number of aliphatic carboxylic acids is 1. The first-order valence-corrected chi connectivity index (χ1v) is 11.7. The molecular weight excluding hydrogens is 398 g/mol. The molecular formula is C25H44ClNO3. The average Bonchev–Trinajstić information content (AvgIpc) is 2.72. The van der Waals surface area contributed by atoms with Gasteiger partial charge in [0.15, 0.2) is 0 Å². The molecule has 0 aliphatic heterocycles. The first-order valence-electron chi connectivity index (χ1n) is 11.7. The molecule has 0 saturated heterocycles. The summed E-state index contributed by atoms with van der Waals surface area (Å²) < 4.78 is 5.80. The topological polar surface area (TPSA) is 49.8 Å². The lowest BCUT2D eigenvalue weighted by molar-refractivity contribution is -0.136. The van der Waals surface area contributed by atoms with Gasteiger partial charge in [-0.1, -0.05) is 76.8 Å². The zero-order valence-corrected chi connectivity index (χ0v) is 20.1. The van der Waals surface area contributed by atoms with Gasteiger partial charge in [0.1, 0.15) is 5.75 Å². The number of carboxylic acids is 1. The molecule has 5 heteroatoms. The third-order valence-corrected chi connectivity index (χ3v) is 5.40. The fourth-order valence-electron chi connectivity index (χ4n) is 3.51. The van der Waals surface area contributed by atoms with Gasteiger partial charge in [0.2, 0.25) is 0 Å². The number of carboxylic acid groups (broad SMARTS) is 1. The van der Waals surface area contributed by atoms with Gasteiger partial charge in [0.25, 0.3) is 0 Å². The van der Waals surface area contributed by atoms with Crippen LogP contribution in [0.15, 0.2) is 24.3 Å². The number of halogens is 1. The molecule has 0 radical (unpaired) electrons. The summed E-state index contributed by atoms with van der Waals surface area (Å²) in [6.07, 6.45) is 15.6. The Morgan fingerprint density at radius 3 is 1.97 bits per heavy atom. The minimum Gasteiger partial charge on any atom is -0.494 e. The van der Waals surface area contributed by atoms with Gasteiger partial charge in [-0.25, -0.2) is 0 Å². The summed E-state index contributed by atoms with van der Waals surface area (Å²) in [5, 5.41) is 8.72. The Morgan fingerprint density at radius 2 is 1.40 bits per heavy atom. The van der Waals surface area contributed by atoms with Gasteiger partial charge in [-0.05, 0) is 50.6 Å². The van der Waals surface area contributed by atoms with E-state index < -0.39 is 5.97 Å². The Balaban J connectivity index is 0.00000841. The molecule has 0 aliphatic carbocycles. The molecule has 1 N–H and O–H groups in total. The van der Waals surface area contributed by atoms with Gasteiger partial charge in [0.05, 0.1) is 6.61 Å². The molecule has 30 heavy (non-hydrogen) atoms. The van der Waals surface area contributed by atoms with Gasteiger partial charge < -0.3 is 14.7 Å². The number of ether oxygens (including phenoxy) is 1. The molecule has 1 rings (SSSR count). The molecule has 1 aromatic carbocycles. The average molecular weight is 442 g/mol. The normalized spacial score (nSPS) is 10.8.